The molecule has 0 unspecified atom stereocenters. The van der Waals surface area contributed by atoms with Crippen molar-refractivity contribution in [3.63, 3.8) is 0 Å². The molecule has 0 radical (unpaired) electrons. The molecule has 20 N–H and O–H groups in total. The number of benzene rings is 5. The van der Waals surface area contributed by atoms with E-state index >= 15 is 0 Å². The van der Waals surface area contributed by atoms with Crippen molar-refractivity contribution in [2.45, 2.75) is 148 Å². The number of halogens is 3. The molecule has 2 aliphatic heterocycles. The quantitative estimate of drug-likeness (QED) is 0.0178. The monoisotopic (exact) mass is 1630 g/mol. The second-order valence-corrected chi connectivity index (χ2v) is 30.3. The number of phenols is 2. The van der Waals surface area contributed by atoms with Gasteiger partial charge in [0.05, 0.1) is 50.9 Å². The first-order valence-corrected chi connectivity index (χ1v) is 37.6. The van der Waals surface area contributed by atoms with Crippen molar-refractivity contribution in [1.82, 2.24) is 50.1 Å². The number of carbonyl (C=O) groups is 5. The average molecular weight is 1630 g/mol. The molecule has 117 heavy (non-hydrogen) atoms. The van der Waals surface area contributed by atoms with Gasteiger partial charge in [0, 0.05) is 90.4 Å². The Morgan fingerprint density at radius 1 is 0.419 bits per heavy atom. The fourth-order valence-corrected chi connectivity index (χ4v) is 12.0. The van der Waals surface area contributed by atoms with Crippen molar-refractivity contribution in [2.24, 2.45) is 28.7 Å². The minimum Gasteiger partial charge on any atom is -0.508 e. The van der Waals surface area contributed by atoms with Crippen LogP contribution in [0.4, 0.5) is 36.4 Å². The number of alkyl halides is 3. The van der Waals surface area contributed by atoms with E-state index in [1.807, 2.05) is 104 Å². The zero-order valence-corrected chi connectivity index (χ0v) is 66.1. The Balaban J connectivity index is 0.000000183. The topological polar surface area (TPSA) is 569 Å². The highest BCUT2D eigenvalue weighted by Crippen LogP contribution is 2.40. The third-order valence-electron chi connectivity index (χ3n) is 19.0. The number of primary amides is 5. The lowest BCUT2D eigenvalue weighted by Crippen LogP contribution is -2.41. The number of aromatic nitrogens is 10. The van der Waals surface area contributed by atoms with Gasteiger partial charge in [0.15, 0.2) is 0 Å². The van der Waals surface area contributed by atoms with Crippen LogP contribution in [-0.2, 0) is 84.8 Å². The number of hydrogen-bond donors (Lipinski definition) is 11. The molecule has 0 bridgehead atoms. The summed E-state index contributed by atoms with van der Waals surface area (Å²) in [5.74, 6) is -1.13. The number of phenolic OH excluding ortho intramolecular Hbond substituents is 2. The van der Waals surface area contributed by atoms with Crippen LogP contribution >= 0.6 is 0 Å². The molecule has 0 aliphatic carbocycles. The molecule has 12 rings (SSSR count). The van der Waals surface area contributed by atoms with Crippen LogP contribution in [0.1, 0.15) is 115 Å². The molecule has 5 amide bonds. The molecule has 0 saturated carbocycles. The Morgan fingerprint density at radius 3 is 1.15 bits per heavy atom. The molecule has 5 aromatic heterocycles. The molecule has 2 saturated heterocycles. The van der Waals surface area contributed by atoms with Crippen molar-refractivity contribution in [3.8, 4) is 73.5 Å². The lowest BCUT2D eigenvalue weighted by Gasteiger charge is -2.32. The number of anilines is 4. The Labute approximate surface area is 672 Å². The largest absolute Gasteiger partial charge is 0.534 e. The van der Waals surface area contributed by atoms with Gasteiger partial charge in [-0.25, -0.2) is 39.9 Å². The van der Waals surface area contributed by atoms with Crippen LogP contribution in [0.25, 0.3) is 56.3 Å². The van der Waals surface area contributed by atoms with Gasteiger partial charge in [-0.15, -0.1) is 0 Å². The molecule has 0 atom stereocenters. The fourth-order valence-electron chi connectivity index (χ4n) is 11.5. The van der Waals surface area contributed by atoms with Crippen molar-refractivity contribution < 1.29 is 78.6 Å². The van der Waals surface area contributed by atoms with Crippen molar-refractivity contribution in [1.29, 1.82) is 0 Å². The van der Waals surface area contributed by atoms with E-state index in [1.54, 1.807) is 60.8 Å². The molecular formula is C78H90B2F3N19O14S. The highest BCUT2D eigenvalue weighted by Gasteiger charge is 2.53. The van der Waals surface area contributed by atoms with E-state index in [0.717, 1.165) is 73.3 Å². The first-order valence-electron chi connectivity index (χ1n) is 36.2. The van der Waals surface area contributed by atoms with Gasteiger partial charge in [0.25, 0.3) is 0 Å². The van der Waals surface area contributed by atoms with Crippen molar-refractivity contribution >= 4 is 88.1 Å². The normalized spacial score (nSPS) is 14.1. The smallest absolute Gasteiger partial charge is 0.508 e. The summed E-state index contributed by atoms with van der Waals surface area (Å²) >= 11 is 0. The van der Waals surface area contributed by atoms with E-state index in [2.05, 4.69) is 54.3 Å². The van der Waals surface area contributed by atoms with Crippen molar-refractivity contribution in [2.75, 3.05) is 22.9 Å². The van der Waals surface area contributed by atoms with Gasteiger partial charge < -0.3 is 84.6 Å². The third kappa shape index (κ3) is 25.1. The Kier molecular flexibility index (Phi) is 29.5. The number of carbonyl (C=O) groups excluding carboxylic acids is 5. The molecule has 2 aliphatic rings. The first-order chi connectivity index (χ1) is 54.9. The van der Waals surface area contributed by atoms with E-state index < -0.39 is 69.8 Å². The lowest BCUT2D eigenvalue weighted by molar-refractivity contribution is -0.118. The molecule has 10 aromatic rings. The maximum Gasteiger partial charge on any atom is 0.534 e. The van der Waals surface area contributed by atoms with Gasteiger partial charge >= 0.3 is 29.9 Å². The molecule has 5 aromatic carbocycles. The standard InChI is InChI=1S/C19H25BN4O3.C17H16N6O.C15H22BNO4.C14H13F3N4O4S.C13H14N4O2/c1-18(2)19(3,4)27-20(26-18)13-6-7-14(12(9-13)5-8-17(22)25)15-10-16(21)24-11-23-15;18-16-9-15(20-10-21-16)13-5-3-12(14-2-1-7-22-23-14)8-11(13)4-6-17(19)24;1-14(2)15(3,4)21-16(20-14)12-7-6-11(18)9-10(12)5-8-13(17)19;15-14(16,17)26(23,24)25-9-2-3-10(8(5-9)1-4-13(19)22)11-6-12(18)21-7-20-11;14-12-6-11(16-7-17-12)10-3-2-9(18)5-8(10)1-4-13(15)19/h6-7,9-11H,5,8H2,1-4H3,(H2,22,25)(H2,21,23,24);1-3,5,7-10H,4,6H2,(H2,19,24)(H2,18,20,21);6-7,9,18H,5,8H2,1-4H3,(H2,17,19);2-3,5-7H,1,4H2,(H2,19,22)(H2,18,20,21);2-3,5-7,18H,1,4H2,(H2,15,19)(H2,14,16,17). The van der Waals surface area contributed by atoms with Crippen LogP contribution in [0.5, 0.6) is 17.2 Å². The summed E-state index contributed by atoms with van der Waals surface area (Å²) in [5.41, 5.74) is 54.0. The summed E-state index contributed by atoms with van der Waals surface area (Å²) in [6, 6.07) is 35.2. The number of nitrogen functional groups attached to an aromatic ring is 4. The van der Waals surface area contributed by atoms with Crippen LogP contribution in [0.15, 0.2) is 159 Å². The summed E-state index contributed by atoms with van der Waals surface area (Å²) in [6.07, 6.45) is 9.69. The van der Waals surface area contributed by atoms with Gasteiger partial charge in [-0.05, 0) is 193 Å². The highest BCUT2D eigenvalue weighted by atomic mass is 32.2. The number of aryl methyl sites for hydroxylation is 5. The molecule has 39 heteroatoms. The summed E-state index contributed by atoms with van der Waals surface area (Å²) < 4.78 is 88.1. The number of aromatic hydroxyl groups is 2. The van der Waals surface area contributed by atoms with Gasteiger partial charge in [0.1, 0.15) is 65.8 Å². The maximum atomic E-state index is 12.5. The number of amides is 5. The van der Waals surface area contributed by atoms with Gasteiger partial charge in [-0.1, -0.05) is 36.4 Å². The van der Waals surface area contributed by atoms with Crippen LogP contribution in [-0.4, -0.2) is 140 Å². The predicted octanol–water partition coefficient (Wildman–Crippen LogP) is 6.37. The van der Waals surface area contributed by atoms with E-state index in [1.165, 1.54) is 37.4 Å². The van der Waals surface area contributed by atoms with E-state index in [4.69, 9.17) is 70.2 Å². The number of nitrogens with zero attached hydrogens (tertiary/aromatic N) is 10. The van der Waals surface area contributed by atoms with Gasteiger partial charge in [-0.2, -0.15) is 31.8 Å². The summed E-state index contributed by atoms with van der Waals surface area (Å²) in [7, 11) is -6.82. The number of hydrogen-bond acceptors (Lipinski definition) is 28. The first kappa shape index (κ1) is 89.7. The zero-order valence-electron chi connectivity index (χ0n) is 65.2. The Bertz CT molecular complexity index is 5320. The maximum absolute atomic E-state index is 12.5. The lowest BCUT2D eigenvalue weighted by atomic mass is 9.75. The van der Waals surface area contributed by atoms with E-state index in [0.29, 0.717) is 77.0 Å². The van der Waals surface area contributed by atoms with E-state index in [9.17, 15) is 55.8 Å². The second kappa shape index (κ2) is 38.5. The molecule has 2 fully saturated rings. The number of nitrogens with two attached hydrogens (primary N) is 9. The molecule has 614 valence electrons. The van der Waals surface area contributed by atoms with Crippen LogP contribution in [0.3, 0.4) is 0 Å². The fraction of sp³-hybridized carbons (Fsp3) is 0.295. The number of rotatable bonds is 24. The van der Waals surface area contributed by atoms with Crippen LogP contribution < -0.4 is 66.7 Å². The van der Waals surface area contributed by atoms with Crippen LogP contribution in [0.2, 0.25) is 0 Å². The van der Waals surface area contributed by atoms with Gasteiger partial charge in [-0.3, -0.25) is 24.0 Å². The minimum atomic E-state index is -5.82. The van der Waals surface area contributed by atoms with E-state index in [-0.39, 0.29) is 73.6 Å². The van der Waals surface area contributed by atoms with Crippen molar-refractivity contribution in [3.05, 3.63) is 187 Å². The Morgan fingerprint density at radius 2 is 0.761 bits per heavy atom. The Hall–Kier alpha value is -12.8. The molecule has 0 spiro atoms. The summed E-state index contributed by atoms with van der Waals surface area (Å²) in [6.45, 7) is 16.0. The SMILES string of the molecule is CC1(C)OB(c2ccc(-c3cc(N)ncn3)c(CCC(N)=O)c2)OC1(C)C.CC1(C)OB(c2ccc(O)cc2CCC(N)=O)OC1(C)C.NC(=O)CCc1cc(-c2cccnn2)ccc1-c1cc(N)ncn1.NC(=O)CCc1cc(O)ccc1-c1cc(N)ncn1.NC(=O)CCc1cc(OS(=O)(=O)C(F)(F)F)ccc1-c1cc(N)ncn1. The summed E-state index contributed by atoms with van der Waals surface area (Å²) in [4.78, 5) is 87.5. The minimum absolute atomic E-state index is 0.0256. The molecular weight excluding hydrogens is 1540 g/mol. The molecule has 7 heterocycles. The summed E-state index contributed by atoms with van der Waals surface area (Å²) in [5, 5.41) is 27.2. The second-order valence-electron chi connectivity index (χ2n) is 28.7. The predicted molar refractivity (Wildman–Crippen MR) is 433 cm³/mol. The van der Waals surface area contributed by atoms with Gasteiger partial charge in [0.2, 0.25) is 29.5 Å². The van der Waals surface area contributed by atoms with Crippen LogP contribution in [0, 0.1) is 0 Å². The highest BCUT2D eigenvalue weighted by molar-refractivity contribution is 7.88. The zero-order chi connectivity index (χ0) is 86.0. The molecule has 33 nitrogen and oxygen atoms in total. The average Bonchev–Trinajstić information content (AvgIpc) is 1.59. The third-order valence-corrected chi connectivity index (χ3v) is 20.0.